The lowest BCUT2D eigenvalue weighted by molar-refractivity contribution is 0.194. The van der Waals surface area contributed by atoms with Gasteiger partial charge in [-0.05, 0) is 35.4 Å². The van der Waals surface area contributed by atoms with Crippen LogP contribution in [0.15, 0.2) is 67.3 Å². The number of carbonyl (C=O) groups is 1. The summed E-state index contributed by atoms with van der Waals surface area (Å²) < 4.78 is 1.46. The van der Waals surface area contributed by atoms with E-state index in [1.54, 1.807) is 17.3 Å². The number of aromatic nitrogens is 2. The first-order chi connectivity index (χ1) is 11.6. The molecule has 0 fully saturated rings. The van der Waals surface area contributed by atoms with Crippen molar-refractivity contribution in [2.24, 2.45) is 0 Å². The van der Waals surface area contributed by atoms with Gasteiger partial charge < -0.3 is 4.90 Å². The molecule has 0 aliphatic carbocycles. The molecule has 0 spiro atoms. The topological polar surface area (TPSA) is 38.1 Å². The summed E-state index contributed by atoms with van der Waals surface area (Å²) in [7, 11) is 0. The predicted molar refractivity (Wildman–Crippen MR) is 95.2 cm³/mol. The van der Waals surface area contributed by atoms with Crippen LogP contribution < -0.4 is 0 Å². The maximum atomic E-state index is 12.7. The van der Waals surface area contributed by atoms with Crippen molar-refractivity contribution < 1.29 is 4.79 Å². The highest BCUT2D eigenvalue weighted by Gasteiger charge is 2.16. The summed E-state index contributed by atoms with van der Waals surface area (Å²) in [5.41, 5.74) is 2.00. The fraction of sp³-hybridized carbons (Fsp3) is 0.111. The highest BCUT2D eigenvalue weighted by Crippen LogP contribution is 2.16. The average molecular weight is 360 g/mol. The second kappa shape index (κ2) is 7.51. The quantitative estimate of drug-likeness (QED) is 0.666. The van der Waals surface area contributed by atoms with Crippen LogP contribution in [0.2, 0.25) is 10.0 Å². The fourth-order valence-corrected chi connectivity index (χ4v) is 2.60. The highest BCUT2D eigenvalue weighted by atomic mass is 35.5. The molecule has 4 nitrogen and oxygen atoms in total. The van der Waals surface area contributed by atoms with Crippen molar-refractivity contribution in [3.63, 3.8) is 0 Å². The van der Waals surface area contributed by atoms with Crippen molar-refractivity contribution in [1.82, 2.24) is 14.5 Å². The summed E-state index contributed by atoms with van der Waals surface area (Å²) in [5.74, 6) is 0. The molecule has 0 atom stereocenters. The molecule has 1 amide bonds. The van der Waals surface area contributed by atoms with Crippen molar-refractivity contribution in [2.75, 3.05) is 0 Å². The third kappa shape index (κ3) is 4.16. The molecule has 1 heterocycles. The van der Waals surface area contributed by atoms with Gasteiger partial charge in [-0.1, -0.05) is 47.5 Å². The van der Waals surface area contributed by atoms with E-state index in [1.807, 2.05) is 48.5 Å². The lowest BCUT2D eigenvalue weighted by atomic mass is 10.2. The second-order valence-corrected chi connectivity index (χ2v) is 6.23. The van der Waals surface area contributed by atoms with Crippen LogP contribution >= 0.6 is 23.2 Å². The lowest BCUT2D eigenvalue weighted by Gasteiger charge is -2.23. The molecule has 0 bridgehead atoms. The van der Waals surface area contributed by atoms with E-state index < -0.39 is 0 Å². The van der Waals surface area contributed by atoms with Crippen molar-refractivity contribution in [3.8, 4) is 0 Å². The van der Waals surface area contributed by atoms with Gasteiger partial charge in [-0.2, -0.15) is 0 Å². The monoisotopic (exact) mass is 359 g/mol. The number of nitrogens with zero attached hydrogens (tertiary/aromatic N) is 3. The summed E-state index contributed by atoms with van der Waals surface area (Å²) in [5, 5.41) is 1.34. The van der Waals surface area contributed by atoms with Crippen LogP contribution in [0.25, 0.3) is 0 Å². The van der Waals surface area contributed by atoms with Crippen LogP contribution in [0, 0.1) is 0 Å². The Kier molecular flexibility index (Phi) is 5.18. The summed E-state index contributed by atoms with van der Waals surface area (Å²) in [6, 6.07) is 14.8. The van der Waals surface area contributed by atoms with Gasteiger partial charge in [-0.3, -0.25) is 4.57 Å². The van der Waals surface area contributed by atoms with E-state index >= 15 is 0 Å². The number of imidazole rings is 1. The maximum Gasteiger partial charge on any atom is 0.330 e. The van der Waals surface area contributed by atoms with Crippen LogP contribution in [0.5, 0.6) is 0 Å². The van der Waals surface area contributed by atoms with Crippen LogP contribution in [0.1, 0.15) is 11.1 Å². The second-order valence-electron chi connectivity index (χ2n) is 5.36. The Hall–Kier alpha value is -2.30. The first kappa shape index (κ1) is 16.6. The Morgan fingerprint density at radius 1 is 0.917 bits per heavy atom. The Morgan fingerprint density at radius 2 is 1.42 bits per heavy atom. The number of benzene rings is 2. The van der Waals surface area contributed by atoms with Gasteiger partial charge in [0.25, 0.3) is 0 Å². The van der Waals surface area contributed by atoms with Crippen LogP contribution in [0.3, 0.4) is 0 Å². The molecule has 0 radical (unpaired) electrons. The summed E-state index contributed by atoms with van der Waals surface area (Å²) >= 11 is 11.9. The zero-order valence-electron chi connectivity index (χ0n) is 12.8. The maximum absolute atomic E-state index is 12.7. The van der Waals surface area contributed by atoms with E-state index in [-0.39, 0.29) is 6.03 Å². The normalized spacial score (nSPS) is 10.6. The standard InChI is InChI=1S/C18H15Cl2N3O/c19-16-5-1-14(2-6-16)11-23(18(24)22-10-9-21-13-22)12-15-3-7-17(20)8-4-15/h1-10,13H,11-12H2. The minimum absolute atomic E-state index is 0.141. The molecule has 2 aromatic carbocycles. The lowest BCUT2D eigenvalue weighted by Crippen LogP contribution is -2.33. The zero-order chi connectivity index (χ0) is 16.9. The third-order valence-corrected chi connectivity index (χ3v) is 4.07. The van der Waals surface area contributed by atoms with Crippen LogP contribution in [-0.4, -0.2) is 20.5 Å². The molecule has 1 aromatic heterocycles. The van der Waals surface area contributed by atoms with Gasteiger partial charge in [0.2, 0.25) is 0 Å². The Bertz CT molecular complexity index is 752. The molecule has 6 heteroatoms. The first-order valence-corrected chi connectivity index (χ1v) is 8.13. The first-order valence-electron chi connectivity index (χ1n) is 7.38. The average Bonchev–Trinajstić information content (AvgIpc) is 3.12. The number of hydrogen-bond donors (Lipinski definition) is 0. The Morgan fingerprint density at radius 3 is 1.83 bits per heavy atom. The number of rotatable bonds is 4. The molecule has 3 aromatic rings. The van der Waals surface area contributed by atoms with Gasteiger partial charge in [0.15, 0.2) is 0 Å². The van der Waals surface area contributed by atoms with Crippen molar-refractivity contribution >= 4 is 29.2 Å². The predicted octanol–water partition coefficient (Wildman–Crippen LogP) is 4.86. The molecule has 3 rings (SSSR count). The molecule has 24 heavy (non-hydrogen) atoms. The van der Waals surface area contributed by atoms with Crippen molar-refractivity contribution in [2.45, 2.75) is 13.1 Å². The van der Waals surface area contributed by atoms with E-state index in [0.717, 1.165) is 11.1 Å². The van der Waals surface area contributed by atoms with Crippen molar-refractivity contribution in [3.05, 3.63) is 88.4 Å². The van der Waals surface area contributed by atoms with E-state index in [1.165, 1.54) is 10.9 Å². The number of halogens is 2. The van der Waals surface area contributed by atoms with Gasteiger partial charge in [-0.15, -0.1) is 0 Å². The van der Waals surface area contributed by atoms with Gasteiger partial charge in [0, 0.05) is 35.5 Å². The van der Waals surface area contributed by atoms with E-state index in [0.29, 0.717) is 23.1 Å². The minimum atomic E-state index is -0.141. The summed E-state index contributed by atoms with van der Waals surface area (Å²) in [6.45, 7) is 0.938. The molecule has 0 aliphatic heterocycles. The smallest absolute Gasteiger partial charge is 0.315 e. The number of carbonyl (C=O) groups excluding carboxylic acids is 1. The van der Waals surface area contributed by atoms with Gasteiger partial charge in [0.05, 0.1) is 0 Å². The molecule has 0 saturated heterocycles. The molecule has 0 saturated carbocycles. The van der Waals surface area contributed by atoms with E-state index in [4.69, 9.17) is 23.2 Å². The Balaban J connectivity index is 1.83. The zero-order valence-corrected chi connectivity index (χ0v) is 14.3. The van der Waals surface area contributed by atoms with Crippen LogP contribution in [-0.2, 0) is 13.1 Å². The summed E-state index contributed by atoms with van der Waals surface area (Å²) in [4.78, 5) is 18.4. The minimum Gasteiger partial charge on any atom is -0.315 e. The van der Waals surface area contributed by atoms with E-state index in [2.05, 4.69) is 4.98 Å². The molecule has 0 unspecified atom stereocenters. The van der Waals surface area contributed by atoms with Gasteiger partial charge >= 0.3 is 6.03 Å². The molecular formula is C18H15Cl2N3O. The fourth-order valence-electron chi connectivity index (χ4n) is 2.35. The summed E-state index contributed by atoms with van der Waals surface area (Å²) in [6.07, 6.45) is 4.72. The van der Waals surface area contributed by atoms with E-state index in [9.17, 15) is 4.79 Å². The molecule has 122 valence electrons. The SMILES string of the molecule is O=C(N(Cc1ccc(Cl)cc1)Cc1ccc(Cl)cc1)n1ccnc1. The van der Waals surface area contributed by atoms with Gasteiger partial charge in [0.1, 0.15) is 6.33 Å². The molecular weight excluding hydrogens is 345 g/mol. The molecule has 0 N–H and O–H groups in total. The van der Waals surface area contributed by atoms with Crippen molar-refractivity contribution in [1.29, 1.82) is 0 Å². The Labute approximate surface area is 150 Å². The number of amides is 1. The third-order valence-electron chi connectivity index (χ3n) is 3.57. The van der Waals surface area contributed by atoms with Crippen LogP contribution in [0.4, 0.5) is 4.79 Å². The number of hydrogen-bond acceptors (Lipinski definition) is 2. The van der Waals surface area contributed by atoms with Gasteiger partial charge in [-0.25, -0.2) is 9.78 Å². The highest BCUT2D eigenvalue weighted by molar-refractivity contribution is 6.30. The molecule has 0 aliphatic rings. The largest absolute Gasteiger partial charge is 0.330 e.